The number of rotatable bonds is 9. The number of carbonyl (C=O) groups is 2. The molecule has 0 aliphatic carbocycles. The van der Waals surface area contributed by atoms with Gasteiger partial charge in [-0.25, -0.2) is 4.79 Å². The number of primary amides is 1. The van der Waals surface area contributed by atoms with E-state index >= 15 is 0 Å². The summed E-state index contributed by atoms with van der Waals surface area (Å²) in [4.78, 5) is 28.0. The van der Waals surface area contributed by atoms with Gasteiger partial charge in [0.15, 0.2) is 0 Å². The van der Waals surface area contributed by atoms with Gasteiger partial charge in [0.2, 0.25) is 5.91 Å². The van der Waals surface area contributed by atoms with Crippen LogP contribution in [-0.4, -0.2) is 53.1 Å². The lowest BCUT2D eigenvalue weighted by Crippen LogP contribution is -2.27. The largest absolute Gasteiger partial charge is 0.491 e. The van der Waals surface area contributed by atoms with Crippen molar-refractivity contribution in [2.75, 3.05) is 25.1 Å². The third kappa shape index (κ3) is 5.66. The van der Waals surface area contributed by atoms with Gasteiger partial charge in [0.25, 0.3) is 0 Å². The number of aromatic nitrogens is 1. The van der Waals surface area contributed by atoms with Crippen LogP contribution < -0.4 is 15.8 Å². The number of ether oxygens (including phenoxy) is 2. The van der Waals surface area contributed by atoms with Crippen LogP contribution in [-0.2, 0) is 9.53 Å². The van der Waals surface area contributed by atoms with Crippen LogP contribution in [0.2, 0.25) is 0 Å². The van der Waals surface area contributed by atoms with Crippen molar-refractivity contribution < 1.29 is 29.3 Å². The molecule has 0 fully saturated rings. The number of benzene rings is 1. The zero-order chi connectivity index (χ0) is 21.5. The molecule has 30 heavy (non-hydrogen) atoms. The van der Waals surface area contributed by atoms with Gasteiger partial charge in [-0.05, 0) is 35.2 Å². The number of aliphatic hydroxyl groups is 2. The highest BCUT2D eigenvalue weighted by atomic mass is 32.1. The van der Waals surface area contributed by atoms with Gasteiger partial charge >= 0.3 is 6.09 Å². The molecule has 5 N–H and O–H groups in total. The Morgan fingerprint density at radius 1 is 1.20 bits per heavy atom. The fourth-order valence-corrected chi connectivity index (χ4v) is 3.62. The van der Waals surface area contributed by atoms with Gasteiger partial charge in [0, 0.05) is 12.4 Å². The minimum absolute atomic E-state index is 0.0641. The molecule has 10 heteroatoms. The molecule has 9 nitrogen and oxygen atoms in total. The van der Waals surface area contributed by atoms with Crippen LogP contribution in [0.3, 0.4) is 0 Å². The van der Waals surface area contributed by atoms with Gasteiger partial charge in [0.05, 0.1) is 22.2 Å². The van der Waals surface area contributed by atoms with E-state index in [4.69, 9.17) is 20.3 Å². The number of pyridine rings is 1. The lowest BCUT2D eigenvalue weighted by molar-refractivity contribution is -0.118. The van der Waals surface area contributed by atoms with Crippen molar-refractivity contribution in [1.29, 1.82) is 0 Å². The van der Waals surface area contributed by atoms with E-state index in [2.05, 4.69) is 10.3 Å². The van der Waals surface area contributed by atoms with E-state index in [0.717, 1.165) is 10.1 Å². The molecule has 3 rings (SSSR count). The first-order chi connectivity index (χ1) is 14.5. The number of hydrogen-bond acceptors (Lipinski definition) is 8. The summed E-state index contributed by atoms with van der Waals surface area (Å²) in [6.07, 6.45) is 1.44. The fraction of sp³-hybridized carbons (Fsp3) is 0.250. The number of thiophene rings is 1. The highest BCUT2D eigenvalue weighted by Crippen LogP contribution is 2.30. The summed E-state index contributed by atoms with van der Waals surface area (Å²) < 4.78 is 11.2. The van der Waals surface area contributed by atoms with Crippen LogP contribution in [0, 0.1) is 0 Å². The molecule has 3 aromatic rings. The molecule has 1 aromatic carbocycles. The first-order valence-electron chi connectivity index (χ1n) is 9.04. The molecule has 2 atom stereocenters. The Morgan fingerprint density at radius 2 is 1.97 bits per heavy atom. The zero-order valence-electron chi connectivity index (χ0n) is 15.9. The number of nitrogens with two attached hydrogens (primary N) is 1. The summed E-state index contributed by atoms with van der Waals surface area (Å²) in [5.74, 6) is -0.698. The number of anilines is 1. The third-order valence-corrected chi connectivity index (χ3v) is 5.21. The molecule has 0 saturated carbocycles. The van der Waals surface area contributed by atoms with Gasteiger partial charge in [0.1, 0.15) is 25.1 Å². The van der Waals surface area contributed by atoms with Crippen LogP contribution in [0.15, 0.2) is 48.8 Å². The maximum Gasteiger partial charge on any atom is 0.404 e. The zero-order valence-corrected chi connectivity index (χ0v) is 16.7. The summed E-state index contributed by atoms with van der Waals surface area (Å²) in [7, 11) is 0. The van der Waals surface area contributed by atoms with Gasteiger partial charge in [-0.3, -0.25) is 9.78 Å². The molecule has 2 heterocycles. The van der Waals surface area contributed by atoms with E-state index < -0.39 is 24.7 Å². The Kier molecular flexibility index (Phi) is 7.17. The van der Waals surface area contributed by atoms with Crippen molar-refractivity contribution >= 4 is 38.4 Å². The molecule has 2 aromatic heterocycles. The quantitative estimate of drug-likeness (QED) is 0.405. The normalized spacial score (nSPS) is 12.9. The van der Waals surface area contributed by atoms with Gasteiger partial charge in [-0.1, -0.05) is 12.1 Å². The number of hydrogen-bond donors (Lipinski definition) is 4. The van der Waals surface area contributed by atoms with Crippen molar-refractivity contribution in [3.05, 3.63) is 54.4 Å². The standard InChI is InChI=1S/C20H21N3O6S/c21-20(27)29-11-16(12-1-3-15(4-2-12)28-10-14(25)9-24)19(26)23-18-7-13-5-6-22-8-17(13)30-18/h1-8,14,16,24-25H,9-11H2,(H2,21,27)(H,23,26). The summed E-state index contributed by atoms with van der Waals surface area (Å²) >= 11 is 1.39. The number of fused-ring (bicyclic) bond motifs is 1. The third-order valence-electron chi connectivity index (χ3n) is 4.21. The van der Waals surface area contributed by atoms with E-state index in [1.54, 1.807) is 36.7 Å². The van der Waals surface area contributed by atoms with Crippen LogP contribution >= 0.6 is 11.3 Å². The Labute approximate surface area is 176 Å². The van der Waals surface area contributed by atoms with Crippen LogP contribution in [0.25, 0.3) is 10.1 Å². The molecule has 0 bridgehead atoms. The summed E-state index contributed by atoms with van der Waals surface area (Å²) in [5, 5.41) is 22.6. The Balaban J connectivity index is 1.74. The molecular weight excluding hydrogens is 410 g/mol. The second kappa shape index (κ2) is 10.0. The maximum atomic E-state index is 12.9. The fourth-order valence-electron chi connectivity index (χ4n) is 2.68. The molecule has 0 spiro atoms. The van der Waals surface area contributed by atoms with Crippen LogP contribution in [0.5, 0.6) is 5.75 Å². The van der Waals surface area contributed by atoms with E-state index in [-0.39, 0.29) is 19.1 Å². The Hall–Kier alpha value is -3.21. The lowest BCUT2D eigenvalue weighted by atomic mass is 9.99. The molecule has 2 amide bonds. The predicted molar refractivity (Wildman–Crippen MR) is 112 cm³/mol. The Morgan fingerprint density at radius 3 is 2.63 bits per heavy atom. The van der Waals surface area contributed by atoms with Crippen LogP contribution in [0.4, 0.5) is 9.80 Å². The summed E-state index contributed by atoms with van der Waals surface area (Å²) in [6.45, 7) is -0.693. The SMILES string of the molecule is NC(=O)OCC(C(=O)Nc1cc2ccncc2s1)c1ccc(OCC(O)CO)cc1. The smallest absolute Gasteiger partial charge is 0.404 e. The highest BCUT2D eigenvalue weighted by Gasteiger charge is 2.23. The number of amides is 2. The first kappa shape index (κ1) is 21.5. The summed E-state index contributed by atoms with van der Waals surface area (Å²) in [6, 6.07) is 10.2. The van der Waals surface area contributed by atoms with Crippen molar-refractivity contribution in [2.24, 2.45) is 5.73 Å². The molecule has 2 unspecified atom stereocenters. The summed E-state index contributed by atoms with van der Waals surface area (Å²) in [5.41, 5.74) is 5.66. The van der Waals surface area contributed by atoms with Gasteiger partial charge < -0.3 is 30.7 Å². The minimum Gasteiger partial charge on any atom is -0.491 e. The van der Waals surface area contributed by atoms with E-state index in [1.165, 1.54) is 11.3 Å². The van der Waals surface area contributed by atoms with Crippen molar-refractivity contribution in [1.82, 2.24) is 4.98 Å². The lowest BCUT2D eigenvalue weighted by Gasteiger charge is -2.17. The van der Waals surface area contributed by atoms with Crippen LogP contribution in [0.1, 0.15) is 11.5 Å². The Bertz CT molecular complexity index is 974. The van der Waals surface area contributed by atoms with E-state index in [9.17, 15) is 14.7 Å². The second-order valence-electron chi connectivity index (χ2n) is 6.41. The van der Waals surface area contributed by atoms with E-state index in [1.807, 2.05) is 12.1 Å². The van der Waals surface area contributed by atoms with Crippen molar-refractivity contribution in [3.63, 3.8) is 0 Å². The molecule has 0 aliphatic heterocycles. The number of aliphatic hydroxyl groups excluding tert-OH is 2. The van der Waals surface area contributed by atoms with Crippen molar-refractivity contribution in [3.8, 4) is 5.75 Å². The number of nitrogens with one attached hydrogen (secondary N) is 1. The molecule has 0 radical (unpaired) electrons. The predicted octanol–water partition coefficient (Wildman–Crippen LogP) is 1.85. The van der Waals surface area contributed by atoms with Gasteiger partial charge in [-0.2, -0.15) is 0 Å². The molecule has 0 saturated heterocycles. The molecule has 158 valence electrons. The second-order valence-corrected chi connectivity index (χ2v) is 7.50. The maximum absolute atomic E-state index is 12.9. The van der Waals surface area contributed by atoms with Crippen molar-refractivity contribution in [2.45, 2.75) is 12.0 Å². The molecule has 0 aliphatic rings. The molecular formula is C20H21N3O6S. The number of carbonyl (C=O) groups excluding carboxylic acids is 2. The minimum atomic E-state index is -0.983. The number of nitrogens with zero attached hydrogens (tertiary/aromatic N) is 1. The van der Waals surface area contributed by atoms with Gasteiger partial charge in [-0.15, -0.1) is 11.3 Å². The average Bonchev–Trinajstić information content (AvgIpc) is 3.15. The average molecular weight is 431 g/mol. The topological polar surface area (TPSA) is 144 Å². The highest BCUT2D eigenvalue weighted by molar-refractivity contribution is 7.22. The monoisotopic (exact) mass is 431 g/mol. The first-order valence-corrected chi connectivity index (χ1v) is 9.86. The van der Waals surface area contributed by atoms with E-state index in [0.29, 0.717) is 16.3 Å².